The van der Waals surface area contributed by atoms with Crippen LogP contribution in [0.4, 0.5) is 0 Å². The summed E-state index contributed by atoms with van der Waals surface area (Å²) in [5.74, 6) is 0. The molecule has 1 aromatic rings. The van der Waals surface area contributed by atoms with Crippen LogP contribution in [0.2, 0.25) is 5.02 Å². The van der Waals surface area contributed by atoms with Gasteiger partial charge in [-0.3, -0.25) is 0 Å². The van der Waals surface area contributed by atoms with Gasteiger partial charge >= 0.3 is 0 Å². The molecule has 0 bridgehead atoms. The second-order valence-electron chi connectivity index (χ2n) is 3.33. The Balaban J connectivity index is 2.77. The van der Waals surface area contributed by atoms with E-state index in [-0.39, 0.29) is 12.1 Å². The molecule has 0 fully saturated rings. The van der Waals surface area contributed by atoms with Crippen molar-refractivity contribution in [3.63, 3.8) is 0 Å². The number of nitrogens with one attached hydrogen (secondary N) is 1. The van der Waals surface area contributed by atoms with Gasteiger partial charge in [0.05, 0.1) is 17.2 Å². The van der Waals surface area contributed by atoms with E-state index >= 15 is 0 Å². The molecule has 0 aromatic carbocycles. The van der Waals surface area contributed by atoms with Crippen molar-refractivity contribution in [2.24, 2.45) is 0 Å². The Hall–Kier alpha value is -0.0900. The van der Waals surface area contributed by atoms with E-state index in [1.165, 1.54) is 4.88 Å². The lowest BCUT2D eigenvalue weighted by atomic mass is 10.1. The van der Waals surface area contributed by atoms with Gasteiger partial charge in [-0.05, 0) is 31.8 Å². The van der Waals surface area contributed by atoms with E-state index in [0.717, 1.165) is 18.2 Å². The van der Waals surface area contributed by atoms with Crippen LogP contribution in [-0.2, 0) is 4.74 Å². The van der Waals surface area contributed by atoms with Crippen molar-refractivity contribution >= 4 is 22.9 Å². The van der Waals surface area contributed by atoms with Crippen LogP contribution in [0.25, 0.3) is 0 Å². The maximum atomic E-state index is 6.13. The predicted molar refractivity (Wildman–Crippen MR) is 66.8 cm³/mol. The average Bonchev–Trinajstić information content (AvgIpc) is 2.61. The third kappa shape index (κ3) is 3.45. The molecule has 1 rings (SSSR count). The smallest absolute Gasteiger partial charge is 0.0750 e. The summed E-state index contributed by atoms with van der Waals surface area (Å²) in [6.45, 7) is 7.82. The Morgan fingerprint density at radius 2 is 2.27 bits per heavy atom. The molecular weight excluding hydrogens is 230 g/mol. The Labute approximate surface area is 101 Å². The lowest BCUT2D eigenvalue weighted by Gasteiger charge is -2.24. The first-order valence-corrected chi connectivity index (χ1v) is 6.54. The highest BCUT2D eigenvalue weighted by Crippen LogP contribution is 2.31. The quantitative estimate of drug-likeness (QED) is 0.831. The summed E-state index contributed by atoms with van der Waals surface area (Å²) in [4.78, 5) is 1.17. The predicted octanol–water partition coefficient (Wildman–Crippen LogP) is 3.48. The van der Waals surface area contributed by atoms with Crippen molar-refractivity contribution in [2.75, 3.05) is 13.2 Å². The molecule has 1 heterocycles. The molecule has 0 radical (unpaired) electrons. The third-order valence-corrected chi connectivity index (χ3v) is 3.69. The van der Waals surface area contributed by atoms with Crippen molar-refractivity contribution in [1.29, 1.82) is 0 Å². The summed E-state index contributed by atoms with van der Waals surface area (Å²) >= 11 is 7.81. The number of ether oxygens (including phenoxy) is 1. The van der Waals surface area contributed by atoms with Gasteiger partial charge < -0.3 is 10.1 Å². The molecule has 2 atom stereocenters. The third-order valence-electron chi connectivity index (χ3n) is 2.25. The zero-order valence-electron chi connectivity index (χ0n) is 9.42. The molecular formula is C11H18ClNOS. The minimum Gasteiger partial charge on any atom is -0.377 e. The van der Waals surface area contributed by atoms with Crippen LogP contribution < -0.4 is 5.32 Å². The number of hydrogen-bond donors (Lipinski definition) is 1. The monoisotopic (exact) mass is 247 g/mol. The molecule has 4 heteroatoms. The van der Waals surface area contributed by atoms with Crippen LogP contribution in [0.3, 0.4) is 0 Å². The normalized spacial score (nSPS) is 15.2. The van der Waals surface area contributed by atoms with Crippen molar-refractivity contribution in [2.45, 2.75) is 32.9 Å². The maximum absolute atomic E-state index is 6.13. The molecule has 15 heavy (non-hydrogen) atoms. The fourth-order valence-electron chi connectivity index (χ4n) is 1.58. The topological polar surface area (TPSA) is 21.3 Å². The highest BCUT2D eigenvalue weighted by Gasteiger charge is 2.21. The minimum atomic E-state index is 0.145. The van der Waals surface area contributed by atoms with Crippen molar-refractivity contribution in [3.05, 3.63) is 21.3 Å². The standard InChI is InChI=1S/C11H18ClNOS/c1-4-13-10(8(3)14-5-2)11-9(12)6-7-15-11/h6-8,10,13H,4-5H2,1-3H3. The molecule has 1 N–H and O–H groups in total. The molecule has 0 aliphatic carbocycles. The fourth-order valence-corrected chi connectivity index (χ4v) is 2.92. The first kappa shape index (κ1) is 13.0. The zero-order chi connectivity index (χ0) is 11.3. The van der Waals surface area contributed by atoms with Crippen LogP contribution in [0.1, 0.15) is 31.7 Å². The van der Waals surface area contributed by atoms with Crippen LogP contribution in [0, 0.1) is 0 Å². The fraction of sp³-hybridized carbons (Fsp3) is 0.636. The Morgan fingerprint density at radius 3 is 2.73 bits per heavy atom. The van der Waals surface area contributed by atoms with Crippen LogP contribution in [-0.4, -0.2) is 19.3 Å². The summed E-state index contributed by atoms with van der Waals surface area (Å²) in [7, 11) is 0. The van der Waals surface area contributed by atoms with E-state index in [4.69, 9.17) is 16.3 Å². The van der Waals surface area contributed by atoms with Gasteiger partial charge in [-0.15, -0.1) is 11.3 Å². The van der Waals surface area contributed by atoms with Gasteiger partial charge in [0, 0.05) is 11.5 Å². The molecule has 0 aliphatic rings. The molecule has 0 spiro atoms. The molecule has 0 saturated heterocycles. The Morgan fingerprint density at radius 1 is 1.53 bits per heavy atom. The maximum Gasteiger partial charge on any atom is 0.0750 e. The first-order valence-electron chi connectivity index (χ1n) is 5.28. The summed E-state index contributed by atoms with van der Waals surface area (Å²) < 4.78 is 5.62. The van der Waals surface area contributed by atoms with E-state index in [1.807, 2.05) is 18.4 Å². The molecule has 0 saturated carbocycles. The van der Waals surface area contributed by atoms with Crippen LogP contribution in [0.15, 0.2) is 11.4 Å². The van der Waals surface area contributed by atoms with Crippen molar-refractivity contribution < 1.29 is 4.74 Å². The summed E-state index contributed by atoms with van der Waals surface area (Å²) in [6, 6.07) is 2.13. The largest absolute Gasteiger partial charge is 0.377 e. The molecule has 2 unspecified atom stereocenters. The van der Waals surface area contributed by atoms with Gasteiger partial charge in [0.25, 0.3) is 0 Å². The van der Waals surface area contributed by atoms with Gasteiger partial charge in [0.1, 0.15) is 0 Å². The van der Waals surface area contributed by atoms with Crippen molar-refractivity contribution in [1.82, 2.24) is 5.32 Å². The number of rotatable bonds is 6. The van der Waals surface area contributed by atoms with Crippen molar-refractivity contribution in [3.8, 4) is 0 Å². The van der Waals surface area contributed by atoms with E-state index in [2.05, 4.69) is 19.2 Å². The van der Waals surface area contributed by atoms with E-state index < -0.39 is 0 Å². The summed E-state index contributed by atoms with van der Waals surface area (Å²) in [6.07, 6.45) is 0.145. The average molecular weight is 248 g/mol. The first-order chi connectivity index (χ1) is 7.20. The lowest BCUT2D eigenvalue weighted by Crippen LogP contribution is -2.31. The number of thiophene rings is 1. The Kier molecular flexibility index (Phi) is 5.61. The molecule has 0 amide bonds. The Bertz CT molecular complexity index is 290. The lowest BCUT2D eigenvalue weighted by molar-refractivity contribution is 0.0486. The summed E-state index contributed by atoms with van der Waals surface area (Å²) in [5.41, 5.74) is 0. The number of likely N-dealkylation sites (N-methyl/N-ethyl adjacent to an activating group) is 1. The van der Waals surface area contributed by atoms with Gasteiger partial charge in [0.15, 0.2) is 0 Å². The van der Waals surface area contributed by atoms with Gasteiger partial charge in [-0.2, -0.15) is 0 Å². The van der Waals surface area contributed by atoms with Gasteiger partial charge in [-0.1, -0.05) is 18.5 Å². The number of hydrogen-bond acceptors (Lipinski definition) is 3. The minimum absolute atomic E-state index is 0.145. The van der Waals surface area contributed by atoms with Gasteiger partial charge in [-0.25, -0.2) is 0 Å². The second-order valence-corrected chi connectivity index (χ2v) is 4.68. The second kappa shape index (κ2) is 6.48. The molecule has 1 aromatic heterocycles. The molecule has 0 aliphatic heterocycles. The van der Waals surface area contributed by atoms with Crippen LogP contribution >= 0.6 is 22.9 Å². The summed E-state index contributed by atoms with van der Waals surface area (Å²) in [5, 5.41) is 6.26. The highest BCUT2D eigenvalue weighted by atomic mass is 35.5. The highest BCUT2D eigenvalue weighted by molar-refractivity contribution is 7.10. The van der Waals surface area contributed by atoms with Crippen LogP contribution in [0.5, 0.6) is 0 Å². The SMILES string of the molecule is CCNC(c1sccc1Cl)C(C)OCC. The van der Waals surface area contributed by atoms with E-state index in [1.54, 1.807) is 11.3 Å². The molecule has 86 valence electrons. The number of halogens is 1. The van der Waals surface area contributed by atoms with E-state index in [0.29, 0.717) is 0 Å². The zero-order valence-corrected chi connectivity index (χ0v) is 11.0. The van der Waals surface area contributed by atoms with E-state index in [9.17, 15) is 0 Å². The van der Waals surface area contributed by atoms with Gasteiger partial charge in [0.2, 0.25) is 0 Å². The molecule has 2 nitrogen and oxygen atoms in total.